The largest absolute Gasteiger partial charge is 0.294 e. The van der Waals surface area contributed by atoms with Gasteiger partial charge in [0.1, 0.15) is 0 Å². The number of fused-ring (bicyclic) bond motifs is 1. The molecule has 1 aromatic carbocycles. The Balaban J connectivity index is 2.88. The van der Waals surface area contributed by atoms with Crippen LogP contribution in [0.1, 0.15) is 29.9 Å². The molecule has 2 rings (SSSR count). The predicted molar refractivity (Wildman–Crippen MR) is 60.1 cm³/mol. The molecule has 15 heavy (non-hydrogen) atoms. The van der Waals surface area contributed by atoms with Gasteiger partial charge in [0, 0.05) is 17.5 Å². The molecule has 0 amide bonds. The number of hydrogen-bond donors (Lipinski definition) is 0. The van der Waals surface area contributed by atoms with E-state index in [0.717, 1.165) is 28.7 Å². The van der Waals surface area contributed by atoms with Crippen LogP contribution in [0.15, 0.2) is 18.2 Å². The number of benzene rings is 1. The van der Waals surface area contributed by atoms with E-state index in [1.807, 2.05) is 36.7 Å². The zero-order valence-corrected chi connectivity index (χ0v) is 9.24. The molecule has 0 aliphatic rings. The zero-order valence-electron chi connectivity index (χ0n) is 9.24. The second-order valence-corrected chi connectivity index (χ2v) is 3.66. The summed E-state index contributed by atoms with van der Waals surface area (Å²) in [7, 11) is 0. The number of carbonyl (C=O) groups is 1. The quantitative estimate of drug-likeness (QED) is 0.701. The summed E-state index contributed by atoms with van der Waals surface area (Å²) in [6.45, 7) is 6.38. The Morgan fingerprint density at radius 1 is 1.47 bits per heavy atom. The van der Waals surface area contributed by atoms with E-state index in [9.17, 15) is 4.79 Å². The highest BCUT2D eigenvalue weighted by atomic mass is 16.1. The molecule has 0 unspecified atom stereocenters. The molecule has 0 saturated carbocycles. The molecule has 0 atom stereocenters. The molecule has 0 fully saturated rings. The van der Waals surface area contributed by atoms with Crippen LogP contribution < -0.4 is 0 Å². The van der Waals surface area contributed by atoms with Gasteiger partial charge in [0.15, 0.2) is 5.78 Å². The molecular weight excluding hydrogens is 188 g/mol. The van der Waals surface area contributed by atoms with E-state index in [1.165, 1.54) is 0 Å². The lowest BCUT2D eigenvalue weighted by Crippen LogP contribution is -2.01. The number of carbonyl (C=O) groups excluding carboxylic acids is 1. The van der Waals surface area contributed by atoms with Gasteiger partial charge in [-0.15, -0.1) is 0 Å². The van der Waals surface area contributed by atoms with E-state index < -0.39 is 0 Å². The maximum atomic E-state index is 11.5. The van der Waals surface area contributed by atoms with Crippen molar-refractivity contribution in [3.63, 3.8) is 0 Å². The Morgan fingerprint density at radius 2 is 2.20 bits per heavy atom. The normalized spacial score (nSPS) is 10.9. The molecule has 78 valence electrons. The van der Waals surface area contributed by atoms with E-state index in [1.54, 1.807) is 6.92 Å². The molecule has 0 spiro atoms. The van der Waals surface area contributed by atoms with Crippen LogP contribution in [0.4, 0.5) is 0 Å². The van der Waals surface area contributed by atoms with Crippen molar-refractivity contribution in [1.29, 1.82) is 0 Å². The Bertz CT molecular complexity index is 526. The Morgan fingerprint density at radius 3 is 2.80 bits per heavy atom. The molecule has 3 nitrogen and oxygen atoms in total. The minimum atomic E-state index is 0.0928. The van der Waals surface area contributed by atoms with Crippen molar-refractivity contribution in [2.45, 2.75) is 27.3 Å². The fourth-order valence-corrected chi connectivity index (χ4v) is 1.91. The Hall–Kier alpha value is -1.64. The third-order valence-electron chi connectivity index (χ3n) is 2.63. The number of rotatable bonds is 2. The SMILES string of the molecule is CCn1nc(C)c2cccc(C(C)=O)c21. The zero-order chi connectivity index (χ0) is 11.0. The van der Waals surface area contributed by atoms with Gasteiger partial charge in [-0.3, -0.25) is 9.48 Å². The van der Waals surface area contributed by atoms with Crippen LogP contribution in [0.3, 0.4) is 0 Å². The van der Waals surface area contributed by atoms with Crippen molar-refractivity contribution < 1.29 is 4.79 Å². The van der Waals surface area contributed by atoms with Crippen LogP contribution in [0.2, 0.25) is 0 Å². The van der Waals surface area contributed by atoms with Crippen LogP contribution in [0.25, 0.3) is 10.9 Å². The molecule has 0 radical (unpaired) electrons. The highest BCUT2D eigenvalue weighted by molar-refractivity contribution is 6.06. The molecule has 2 aromatic rings. The van der Waals surface area contributed by atoms with E-state index in [4.69, 9.17) is 0 Å². The first kappa shape index (κ1) is 9.90. The number of para-hydroxylation sites is 1. The smallest absolute Gasteiger partial charge is 0.161 e. The summed E-state index contributed by atoms with van der Waals surface area (Å²) < 4.78 is 1.89. The first-order valence-corrected chi connectivity index (χ1v) is 5.12. The molecular formula is C12H14N2O. The first-order chi connectivity index (χ1) is 7.15. The number of ketones is 1. The highest BCUT2D eigenvalue weighted by Gasteiger charge is 2.12. The van der Waals surface area contributed by atoms with Gasteiger partial charge < -0.3 is 0 Å². The molecule has 0 bridgehead atoms. The van der Waals surface area contributed by atoms with Crippen LogP contribution in [-0.4, -0.2) is 15.6 Å². The summed E-state index contributed by atoms with van der Waals surface area (Å²) in [5.74, 6) is 0.0928. The third-order valence-corrected chi connectivity index (χ3v) is 2.63. The summed E-state index contributed by atoms with van der Waals surface area (Å²) in [6.07, 6.45) is 0. The Labute approximate surface area is 88.7 Å². The van der Waals surface area contributed by atoms with Crippen LogP contribution in [0.5, 0.6) is 0 Å². The molecule has 1 aromatic heterocycles. The Kier molecular flexibility index (Phi) is 2.31. The van der Waals surface area contributed by atoms with Crippen molar-refractivity contribution in [2.75, 3.05) is 0 Å². The summed E-state index contributed by atoms with van der Waals surface area (Å²) in [5, 5.41) is 5.49. The van der Waals surface area contributed by atoms with Crippen molar-refractivity contribution in [3.8, 4) is 0 Å². The van der Waals surface area contributed by atoms with Gasteiger partial charge in [-0.1, -0.05) is 12.1 Å². The fraction of sp³-hybridized carbons (Fsp3) is 0.333. The van der Waals surface area contributed by atoms with Crippen molar-refractivity contribution in [3.05, 3.63) is 29.5 Å². The predicted octanol–water partition coefficient (Wildman–Crippen LogP) is 2.57. The average Bonchev–Trinajstić information content (AvgIpc) is 2.55. The molecule has 0 aliphatic carbocycles. The third kappa shape index (κ3) is 1.44. The average molecular weight is 202 g/mol. The molecule has 3 heteroatoms. The van der Waals surface area contributed by atoms with Crippen molar-refractivity contribution in [1.82, 2.24) is 9.78 Å². The second kappa shape index (κ2) is 3.50. The number of Topliss-reactive ketones (excluding diaryl/α,β-unsaturated/α-hetero) is 1. The van der Waals surface area contributed by atoms with Gasteiger partial charge in [0.05, 0.1) is 11.2 Å². The van der Waals surface area contributed by atoms with Gasteiger partial charge in [-0.2, -0.15) is 5.10 Å². The van der Waals surface area contributed by atoms with Crippen LogP contribution in [-0.2, 0) is 6.54 Å². The number of aryl methyl sites for hydroxylation is 2. The number of nitrogens with zero attached hydrogens (tertiary/aromatic N) is 2. The van der Waals surface area contributed by atoms with Crippen molar-refractivity contribution in [2.24, 2.45) is 0 Å². The fourth-order valence-electron chi connectivity index (χ4n) is 1.91. The maximum Gasteiger partial charge on any atom is 0.161 e. The van der Waals surface area contributed by atoms with E-state index >= 15 is 0 Å². The minimum Gasteiger partial charge on any atom is -0.294 e. The maximum absolute atomic E-state index is 11.5. The van der Waals surface area contributed by atoms with Gasteiger partial charge >= 0.3 is 0 Å². The summed E-state index contributed by atoms with van der Waals surface area (Å²) in [6, 6.07) is 5.78. The minimum absolute atomic E-state index is 0.0928. The number of hydrogen-bond acceptors (Lipinski definition) is 2. The molecule has 1 heterocycles. The number of aromatic nitrogens is 2. The van der Waals surface area contributed by atoms with Gasteiger partial charge in [0.25, 0.3) is 0 Å². The summed E-state index contributed by atoms with van der Waals surface area (Å²) in [5.41, 5.74) is 2.70. The van der Waals surface area contributed by atoms with Gasteiger partial charge in [0.2, 0.25) is 0 Å². The second-order valence-electron chi connectivity index (χ2n) is 3.66. The lowest BCUT2D eigenvalue weighted by Gasteiger charge is -2.02. The first-order valence-electron chi connectivity index (χ1n) is 5.12. The van der Waals surface area contributed by atoms with Crippen LogP contribution in [0, 0.1) is 6.92 Å². The molecule has 0 N–H and O–H groups in total. The van der Waals surface area contributed by atoms with Crippen LogP contribution >= 0.6 is 0 Å². The monoisotopic (exact) mass is 202 g/mol. The summed E-state index contributed by atoms with van der Waals surface area (Å²) >= 11 is 0. The van der Waals surface area contributed by atoms with Gasteiger partial charge in [-0.05, 0) is 26.8 Å². The lowest BCUT2D eigenvalue weighted by atomic mass is 10.1. The van der Waals surface area contributed by atoms with E-state index in [0.29, 0.717) is 0 Å². The van der Waals surface area contributed by atoms with E-state index in [2.05, 4.69) is 5.10 Å². The lowest BCUT2D eigenvalue weighted by molar-refractivity contribution is 0.101. The highest BCUT2D eigenvalue weighted by Crippen LogP contribution is 2.22. The van der Waals surface area contributed by atoms with E-state index in [-0.39, 0.29) is 5.78 Å². The summed E-state index contributed by atoms with van der Waals surface area (Å²) in [4.78, 5) is 11.5. The molecule has 0 saturated heterocycles. The standard InChI is InChI=1S/C12H14N2O/c1-4-14-12-10(8(2)13-14)6-5-7-11(12)9(3)15/h5-7H,4H2,1-3H3. The van der Waals surface area contributed by atoms with Crippen molar-refractivity contribution >= 4 is 16.7 Å². The van der Waals surface area contributed by atoms with Gasteiger partial charge in [-0.25, -0.2) is 0 Å². The molecule has 0 aliphatic heterocycles. The topological polar surface area (TPSA) is 34.9 Å².